The minimum Gasteiger partial charge on any atom is -0.481 e. The van der Waals surface area contributed by atoms with Gasteiger partial charge in [0.05, 0.1) is 25.1 Å². The van der Waals surface area contributed by atoms with E-state index < -0.39 is 24.2 Å². The molecule has 0 fully saturated rings. The maximum Gasteiger partial charge on any atom is 0.306 e. The standard InChI is InChI=1S/C19H37N3O5/c1-9-13(4)18(14(27-8)10-16(24)25)22(7)19(26)17(12(2)3)20-15(23)11-21(5)6/h12-14,17-18H,9-11H2,1-8H3,(H,20,23)(H,24,25)/t13-,14+,17-,18-/m0/s1. The summed E-state index contributed by atoms with van der Waals surface area (Å²) in [5.74, 6) is -1.52. The highest BCUT2D eigenvalue weighted by Gasteiger charge is 2.37. The quantitative estimate of drug-likeness (QED) is 0.519. The summed E-state index contributed by atoms with van der Waals surface area (Å²) in [6.07, 6.45) is -0.0551. The molecule has 0 rings (SSSR count). The van der Waals surface area contributed by atoms with Gasteiger partial charge in [0.25, 0.3) is 0 Å². The van der Waals surface area contributed by atoms with Gasteiger partial charge in [-0.3, -0.25) is 14.4 Å². The lowest BCUT2D eigenvalue weighted by molar-refractivity contribution is -0.147. The van der Waals surface area contributed by atoms with Crippen molar-refractivity contribution in [1.82, 2.24) is 15.1 Å². The molecule has 0 aliphatic carbocycles. The molecule has 8 heteroatoms. The Morgan fingerprint density at radius 2 is 1.67 bits per heavy atom. The number of nitrogens with zero attached hydrogens (tertiary/aromatic N) is 2. The molecule has 0 radical (unpaired) electrons. The zero-order chi connectivity index (χ0) is 21.3. The number of carbonyl (C=O) groups is 3. The van der Waals surface area contributed by atoms with Crippen molar-refractivity contribution in [2.24, 2.45) is 11.8 Å². The molecule has 0 spiro atoms. The van der Waals surface area contributed by atoms with E-state index in [9.17, 15) is 19.5 Å². The predicted octanol–water partition coefficient (Wildman–Crippen LogP) is 1.05. The number of ether oxygens (including phenoxy) is 1. The average Bonchev–Trinajstić information content (AvgIpc) is 2.56. The zero-order valence-corrected chi connectivity index (χ0v) is 18.0. The fourth-order valence-corrected chi connectivity index (χ4v) is 3.14. The van der Waals surface area contributed by atoms with E-state index in [1.807, 2.05) is 27.7 Å². The van der Waals surface area contributed by atoms with Gasteiger partial charge in [0.2, 0.25) is 11.8 Å². The van der Waals surface area contributed by atoms with Crippen LogP contribution in [0.4, 0.5) is 0 Å². The molecule has 0 heterocycles. The van der Waals surface area contributed by atoms with Crippen LogP contribution in [0.1, 0.15) is 40.5 Å². The molecule has 8 nitrogen and oxygen atoms in total. The number of amides is 2. The van der Waals surface area contributed by atoms with Crippen molar-refractivity contribution in [3.63, 3.8) is 0 Å². The van der Waals surface area contributed by atoms with Gasteiger partial charge >= 0.3 is 5.97 Å². The second-order valence-electron chi connectivity index (χ2n) is 7.72. The molecule has 4 atom stereocenters. The molecular weight excluding hydrogens is 350 g/mol. The van der Waals surface area contributed by atoms with Crippen molar-refractivity contribution in [3.8, 4) is 0 Å². The number of hydrogen-bond donors (Lipinski definition) is 2. The molecule has 0 aliphatic rings. The summed E-state index contributed by atoms with van der Waals surface area (Å²) < 4.78 is 5.42. The number of aliphatic carboxylic acids is 1. The molecule has 27 heavy (non-hydrogen) atoms. The van der Waals surface area contributed by atoms with Gasteiger partial charge in [0, 0.05) is 14.2 Å². The van der Waals surface area contributed by atoms with Gasteiger partial charge in [-0.15, -0.1) is 0 Å². The van der Waals surface area contributed by atoms with E-state index in [2.05, 4.69) is 5.32 Å². The molecule has 2 N–H and O–H groups in total. The minimum absolute atomic E-state index is 0.0357. The monoisotopic (exact) mass is 387 g/mol. The van der Waals surface area contributed by atoms with E-state index in [1.54, 1.807) is 30.9 Å². The third kappa shape index (κ3) is 8.26. The summed E-state index contributed by atoms with van der Waals surface area (Å²) >= 11 is 0. The number of carbonyl (C=O) groups excluding carboxylic acids is 2. The van der Waals surface area contributed by atoms with Crippen molar-refractivity contribution < 1.29 is 24.2 Å². The fourth-order valence-electron chi connectivity index (χ4n) is 3.14. The van der Waals surface area contributed by atoms with Gasteiger partial charge < -0.3 is 25.0 Å². The van der Waals surface area contributed by atoms with Crippen molar-refractivity contribution in [2.45, 2.75) is 58.7 Å². The Hall–Kier alpha value is -1.67. The number of rotatable bonds is 12. The Morgan fingerprint density at radius 3 is 2.04 bits per heavy atom. The molecule has 2 amide bonds. The molecule has 0 unspecified atom stereocenters. The predicted molar refractivity (Wildman–Crippen MR) is 104 cm³/mol. The maximum absolute atomic E-state index is 13.2. The minimum atomic E-state index is -0.976. The van der Waals surface area contributed by atoms with Crippen LogP contribution >= 0.6 is 0 Å². The number of nitrogens with one attached hydrogen (secondary N) is 1. The summed E-state index contributed by atoms with van der Waals surface area (Å²) in [7, 11) is 6.68. The maximum atomic E-state index is 13.2. The van der Waals surface area contributed by atoms with Gasteiger partial charge in [0.15, 0.2) is 0 Å². The molecule has 158 valence electrons. The van der Waals surface area contributed by atoms with Gasteiger partial charge in [0.1, 0.15) is 6.04 Å². The first-order valence-electron chi connectivity index (χ1n) is 9.41. The lowest BCUT2D eigenvalue weighted by atomic mass is 9.90. The number of hydrogen-bond acceptors (Lipinski definition) is 5. The normalized spacial score (nSPS) is 15.9. The van der Waals surface area contributed by atoms with Gasteiger partial charge in [-0.25, -0.2) is 0 Å². The van der Waals surface area contributed by atoms with E-state index >= 15 is 0 Å². The van der Waals surface area contributed by atoms with Crippen LogP contribution in [0.3, 0.4) is 0 Å². The first kappa shape index (κ1) is 25.3. The van der Waals surface area contributed by atoms with Gasteiger partial charge in [-0.2, -0.15) is 0 Å². The first-order chi connectivity index (χ1) is 12.5. The summed E-state index contributed by atoms with van der Waals surface area (Å²) in [4.78, 5) is 39.8. The Labute approximate surface area is 163 Å². The summed E-state index contributed by atoms with van der Waals surface area (Å²) in [5, 5.41) is 12.0. The third-order valence-electron chi connectivity index (χ3n) is 4.79. The number of carboxylic acids is 1. The van der Waals surface area contributed by atoms with Crippen LogP contribution in [0.25, 0.3) is 0 Å². The van der Waals surface area contributed by atoms with Crippen molar-refractivity contribution in [1.29, 1.82) is 0 Å². The summed E-state index contributed by atoms with van der Waals surface area (Å²) in [6, 6.07) is -1.09. The molecule has 0 aromatic carbocycles. The Bertz CT molecular complexity index is 496. The Balaban J connectivity index is 5.56. The third-order valence-corrected chi connectivity index (χ3v) is 4.79. The SMILES string of the molecule is CC[C@H](C)[C@@H]([C@@H](CC(=O)O)OC)N(C)C(=O)[C@@H](NC(=O)CN(C)C)C(C)C. The van der Waals surface area contributed by atoms with Crippen LogP contribution in [0, 0.1) is 11.8 Å². The van der Waals surface area contributed by atoms with Crippen molar-refractivity contribution >= 4 is 17.8 Å². The highest BCUT2D eigenvalue weighted by Crippen LogP contribution is 2.23. The van der Waals surface area contributed by atoms with Crippen molar-refractivity contribution in [2.75, 3.05) is 34.8 Å². The largest absolute Gasteiger partial charge is 0.481 e. The van der Waals surface area contributed by atoms with E-state index in [1.165, 1.54) is 7.11 Å². The molecule has 0 bridgehead atoms. The van der Waals surface area contributed by atoms with Gasteiger partial charge in [-0.05, 0) is 25.9 Å². The lowest BCUT2D eigenvalue weighted by Crippen LogP contribution is -2.57. The van der Waals surface area contributed by atoms with Crippen LogP contribution in [0.5, 0.6) is 0 Å². The first-order valence-corrected chi connectivity index (χ1v) is 9.41. The van der Waals surface area contributed by atoms with Crippen LogP contribution in [0.2, 0.25) is 0 Å². The lowest BCUT2D eigenvalue weighted by Gasteiger charge is -2.39. The smallest absolute Gasteiger partial charge is 0.306 e. The highest BCUT2D eigenvalue weighted by atomic mass is 16.5. The van der Waals surface area contributed by atoms with Gasteiger partial charge in [-0.1, -0.05) is 34.1 Å². The highest BCUT2D eigenvalue weighted by molar-refractivity contribution is 5.88. The average molecular weight is 388 g/mol. The van der Waals surface area contributed by atoms with Crippen LogP contribution in [0.15, 0.2) is 0 Å². The van der Waals surface area contributed by atoms with Crippen LogP contribution < -0.4 is 5.32 Å². The van der Waals surface area contributed by atoms with Crippen LogP contribution in [-0.4, -0.2) is 85.7 Å². The Morgan fingerprint density at radius 1 is 1.11 bits per heavy atom. The number of likely N-dealkylation sites (N-methyl/N-ethyl adjacent to an activating group) is 2. The molecule has 0 aliphatic heterocycles. The summed E-state index contributed by atoms with van der Waals surface area (Å²) in [6.45, 7) is 7.89. The summed E-state index contributed by atoms with van der Waals surface area (Å²) in [5.41, 5.74) is 0. The molecule has 0 aromatic heterocycles. The molecule has 0 aromatic rings. The van der Waals surface area contributed by atoms with E-state index in [0.29, 0.717) is 0 Å². The Kier molecular flexibility index (Phi) is 11.2. The second-order valence-corrected chi connectivity index (χ2v) is 7.72. The van der Waals surface area contributed by atoms with E-state index in [-0.39, 0.29) is 36.6 Å². The topological polar surface area (TPSA) is 99.2 Å². The van der Waals surface area contributed by atoms with E-state index in [4.69, 9.17) is 4.74 Å². The number of carboxylic acid groups (broad SMARTS) is 1. The molecule has 0 saturated heterocycles. The molecular formula is C19H37N3O5. The van der Waals surface area contributed by atoms with Crippen LogP contribution in [-0.2, 0) is 19.1 Å². The van der Waals surface area contributed by atoms with E-state index in [0.717, 1.165) is 6.42 Å². The number of methoxy groups -OCH3 is 1. The second kappa shape index (κ2) is 11.9. The zero-order valence-electron chi connectivity index (χ0n) is 18.0. The molecule has 0 saturated carbocycles. The van der Waals surface area contributed by atoms with Crippen molar-refractivity contribution in [3.05, 3.63) is 0 Å². The fraction of sp³-hybridized carbons (Fsp3) is 0.842.